The molecule has 0 saturated carbocycles. The standard InChI is InChI=1S/C10H15BrN2O/c1-3-4-5-13-6-8(12)7(2)9(11)10(13)14/h6H,3-5,12H2,1-2H3. The van der Waals surface area contributed by atoms with Gasteiger partial charge in [-0.05, 0) is 34.8 Å². The predicted molar refractivity (Wildman–Crippen MR) is 62.5 cm³/mol. The number of rotatable bonds is 3. The highest BCUT2D eigenvalue weighted by molar-refractivity contribution is 9.10. The van der Waals surface area contributed by atoms with Crippen LogP contribution in [0.3, 0.4) is 0 Å². The highest BCUT2D eigenvalue weighted by Crippen LogP contribution is 2.17. The number of nitrogens with zero attached hydrogens (tertiary/aromatic N) is 1. The second kappa shape index (κ2) is 4.64. The van der Waals surface area contributed by atoms with E-state index in [-0.39, 0.29) is 5.56 Å². The van der Waals surface area contributed by atoms with Crippen molar-refractivity contribution in [3.63, 3.8) is 0 Å². The Kier molecular flexibility index (Phi) is 3.75. The van der Waals surface area contributed by atoms with E-state index in [1.165, 1.54) is 0 Å². The molecule has 0 aliphatic rings. The molecule has 0 saturated heterocycles. The number of nitrogen functional groups attached to an aromatic ring is 1. The summed E-state index contributed by atoms with van der Waals surface area (Å²) in [5.74, 6) is 0. The number of hydrogen-bond acceptors (Lipinski definition) is 2. The highest BCUT2D eigenvalue weighted by atomic mass is 79.9. The number of hydrogen-bond donors (Lipinski definition) is 1. The zero-order valence-electron chi connectivity index (χ0n) is 8.51. The summed E-state index contributed by atoms with van der Waals surface area (Å²) in [5, 5.41) is 0. The zero-order valence-corrected chi connectivity index (χ0v) is 10.1. The summed E-state index contributed by atoms with van der Waals surface area (Å²) in [4.78, 5) is 11.7. The summed E-state index contributed by atoms with van der Waals surface area (Å²) >= 11 is 3.26. The number of unbranched alkanes of at least 4 members (excludes halogenated alkanes) is 1. The molecule has 0 bridgehead atoms. The minimum atomic E-state index is 0.00477. The van der Waals surface area contributed by atoms with Gasteiger partial charge < -0.3 is 10.3 Å². The van der Waals surface area contributed by atoms with Gasteiger partial charge in [-0.1, -0.05) is 13.3 Å². The van der Waals surface area contributed by atoms with E-state index in [9.17, 15) is 4.79 Å². The Morgan fingerprint density at radius 2 is 2.21 bits per heavy atom. The third-order valence-electron chi connectivity index (χ3n) is 2.26. The van der Waals surface area contributed by atoms with E-state index >= 15 is 0 Å². The van der Waals surface area contributed by atoms with Gasteiger partial charge in [0.2, 0.25) is 0 Å². The monoisotopic (exact) mass is 258 g/mol. The number of anilines is 1. The van der Waals surface area contributed by atoms with Crippen LogP contribution in [-0.4, -0.2) is 4.57 Å². The fourth-order valence-electron chi connectivity index (χ4n) is 1.23. The molecule has 3 nitrogen and oxygen atoms in total. The van der Waals surface area contributed by atoms with Gasteiger partial charge in [-0.2, -0.15) is 0 Å². The maximum atomic E-state index is 11.7. The lowest BCUT2D eigenvalue weighted by Crippen LogP contribution is -2.22. The molecule has 78 valence electrons. The van der Waals surface area contributed by atoms with Crippen molar-refractivity contribution < 1.29 is 0 Å². The van der Waals surface area contributed by atoms with Crippen molar-refractivity contribution in [1.29, 1.82) is 0 Å². The minimum absolute atomic E-state index is 0.00477. The van der Waals surface area contributed by atoms with E-state index in [1.807, 2.05) is 6.92 Å². The van der Waals surface area contributed by atoms with Crippen LogP contribution in [0.4, 0.5) is 5.69 Å². The van der Waals surface area contributed by atoms with Gasteiger partial charge in [0.15, 0.2) is 0 Å². The lowest BCUT2D eigenvalue weighted by atomic mass is 10.2. The molecule has 0 amide bonds. The first kappa shape index (κ1) is 11.3. The Balaban J connectivity index is 3.13. The molecule has 0 aliphatic carbocycles. The van der Waals surface area contributed by atoms with Gasteiger partial charge in [0, 0.05) is 12.7 Å². The normalized spacial score (nSPS) is 10.5. The first-order valence-electron chi connectivity index (χ1n) is 4.73. The van der Waals surface area contributed by atoms with Gasteiger partial charge in [0.05, 0.1) is 10.2 Å². The number of pyridine rings is 1. The fraction of sp³-hybridized carbons (Fsp3) is 0.500. The zero-order chi connectivity index (χ0) is 10.7. The molecule has 1 aromatic heterocycles. The van der Waals surface area contributed by atoms with Gasteiger partial charge in [-0.25, -0.2) is 0 Å². The maximum absolute atomic E-state index is 11.7. The Morgan fingerprint density at radius 1 is 1.57 bits per heavy atom. The second-order valence-electron chi connectivity index (χ2n) is 3.38. The van der Waals surface area contributed by atoms with Crippen molar-refractivity contribution in [2.45, 2.75) is 33.2 Å². The van der Waals surface area contributed by atoms with Crippen LogP contribution in [0.5, 0.6) is 0 Å². The number of nitrogens with two attached hydrogens (primary N) is 1. The summed E-state index contributed by atoms with van der Waals surface area (Å²) in [6.45, 7) is 4.67. The number of aromatic nitrogens is 1. The summed E-state index contributed by atoms with van der Waals surface area (Å²) in [6.07, 6.45) is 3.78. The molecule has 0 aromatic carbocycles. The largest absolute Gasteiger partial charge is 0.397 e. The lowest BCUT2D eigenvalue weighted by molar-refractivity contribution is 0.611. The highest BCUT2D eigenvalue weighted by Gasteiger charge is 2.07. The number of aryl methyl sites for hydroxylation is 1. The smallest absolute Gasteiger partial charge is 0.265 e. The molecule has 0 aliphatic heterocycles. The molecule has 0 unspecified atom stereocenters. The van der Waals surface area contributed by atoms with Crippen molar-refractivity contribution >= 4 is 21.6 Å². The Morgan fingerprint density at radius 3 is 2.79 bits per heavy atom. The molecule has 4 heteroatoms. The van der Waals surface area contributed by atoms with Crippen LogP contribution in [0.25, 0.3) is 0 Å². The van der Waals surface area contributed by atoms with Gasteiger partial charge in [-0.3, -0.25) is 4.79 Å². The molecule has 14 heavy (non-hydrogen) atoms. The van der Waals surface area contributed by atoms with Crippen LogP contribution in [0, 0.1) is 6.92 Å². The van der Waals surface area contributed by atoms with Crippen molar-refractivity contribution in [2.24, 2.45) is 0 Å². The Bertz CT molecular complexity index is 384. The van der Waals surface area contributed by atoms with Crippen molar-refractivity contribution in [3.05, 3.63) is 26.6 Å². The lowest BCUT2D eigenvalue weighted by Gasteiger charge is -2.09. The van der Waals surface area contributed by atoms with E-state index in [0.29, 0.717) is 10.2 Å². The van der Waals surface area contributed by atoms with Gasteiger partial charge in [0.25, 0.3) is 5.56 Å². The van der Waals surface area contributed by atoms with Gasteiger partial charge in [0.1, 0.15) is 0 Å². The van der Waals surface area contributed by atoms with E-state index in [4.69, 9.17) is 5.73 Å². The van der Waals surface area contributed by atoms with Crippen LogP contribution in [-0.2, 0) is 6.54 Å². The third-order valence-corrected chi connectivity index (χ3v) is 3.19. The minimum Gasteiger partial charge on any atom is -0.397 e. The molecule has 1 rings (SSSR count). The predicted octanol–water partition coefficient (Wildman–Crippen LogP) is 2.30. The maximum Gasteiger partial charge on any atom is 0.265 e. The molecule has 1 heterocycles. The van der Waals surface area contributed by atoms with Crippen LogP contribution >= 0.6 is 15.9 Å². The summed E-state index contributed by atoms with van der Waals surface area (Å²) < 4.78 is 2.24. The van der Waals surface area contributed by atoms with Gasteiger partial charge >= 0.3 is 0 Å². The molecule has 0 spiro atoms. The average Bonchev–Trinajstić information content (AvgIpc) is 2.18. The molecule has 0 atom stereocenters. The summed E-state index contributed by atoms with van der Waals surface area (Å²) in [7, 11) is 0. The Hall–Kier alpha value is -0.770. The quantitative estimate of drug-likeness (QED) is 0.905. The van der Waals surface area contributed by atoms with Crippen LogP contribution in [0.1, 0.15) is 25.3 Å². The van der Waals surface area contributed by atoms with Crippen molar-refractivity contribution in [1.82, 2.24) is 4.57 Å². The van der Waals surface area contributed by atoms with Crippen LogP contribution in [0.2, 0.25) is 0 Å². The molecular formula is C10H15BrN2O. The van der Waals surface area contributed by atoms with E-state index < -0.39 is 0 Å². The van der Waals surface area contributed by atoms with Crippen LogP contribution < -0.4 is 11.3 Å². The second-order valence-corrected chi connectivity index (χ2v) is 4.17. The topological polar surface area (TPSA) is 48.0 Å². The SMILES string of the molecule is CCCCn1cc(N)c(C)c(Br)c1=O. The average molecular weight is 259 g/mol. The third kappa shape index (κ3) is 2.18. The van der Waals surface area contributed by atoms with Crippen LogP contribution in [0.15, 0.2) is 15.5 Å². The van der Waals surface area contributed by atoms with E-state index in [1.54, 1.807) is 10.8 Å². The summed E-state index contributed by atoms with van der Waals surface area (Å²) in [6, 6.07) is 0. The number of halogens is 1. The molecule has 1 aromatic rings. The van der Waals surface area contributed by atoms with E-state index in [0.717, 1.165) is 24.9 Å². The van der Waals surface area contributed by atoms with Gasteiger partial charge in [-0.15, -0.1) is 0 Å². The molecule has 0 fully saturated rings. The molecular weight excluding hydrogens is 244 g/mol. The first-order chi connectivity index (χ1) is 6.57. The fourth-order valence-corrected chi connectivity index (χ4v) is 1.69. The first-order valence-corrected chi connectivity index (χ1v) is 5.52. The summed E-state index contributed by atoms with van der Waals surface area (Å²) in [5.41, 5.74) is 7.26. The molecule has 0 radical (unpaired) electrons. The Labute approximate surface area is 92.1 Å². The van der Waals surface area contributed by atoms with Crippen molar-refractivity contribution in [2.75, 3.05) is 5.73 Å². The van der Waals surface area contributed by atoms with Crippen molar-refractivity contribution in [3.8, 4) is 0 Å². The molecule has 2 N–H and O–H groups in total. The van der Waals surface area contributed by atoms with E-state index in [2.05, 4.69) is 22.9 Å².